The molecule has 1 saturated heterocycles. The number of methoxy groups -OCH3 is 1. The van der Waals surface area contributed by atoms with E-state index in [1.807, 2.05) is 52.0 Å². The monoisotopic (exact) mass is 822 g/mol. The minimum atomic E-state index is -0.988. The molecular weight excluding hydrogens is 781 g/mol. The smallest absolute Gasteiger partial charge is 0.478 e. The highest BCUT2D eigenvalue weighted by Gasteiger charge is 2.51. The van der Waals surface area contributed by atoms with Crippen LogP contribution in [0.2, 0.25) is 5.15 Å². The van der Waals surface area contributed by atoms with Crippen LogP contribution < -0.4 is 14.9 Å². The van der Waals surface area contributed by atoms with Gasteiger partial charge in [0.25, 0.3) is 0 Å². The Labute approximate surface area is 346 Å². The molecule has 0 saturated carbocycles. The number of carboxylic acid groups (broad SMARTS) is 1. The molecule has 0 bridgehead atoms. The highest BCUT2D eigenvalue weighted by atomic mass is 35.5. The summed E-state index contributed by atoms with van der Waals surface area (Å²) in [7, 11) is 0.936. The zero-order chi connectivity index (χ0) is 42.9. The molecule has 0 unspecified atom stereocenters. The van der Waals surface area contributed by atoms with Crippen molar-refractivity contribution in [2.45, 2.75) is 52.7 Å². The molecule has 1 aliphatic heterocycles. The van der Waals surface area contributed by atoms with E-state index in [-0.39, 0.29) is 35.5 Å². The first-order valence-electron chi connectivity index (χ1n) is 18.3. The van der Waals surface area contributed by atoms with Crippen LogP contribution in [0.15, 0.2) is 121 Å². The van der Waals surface area contributed by atoms with E-state index in [4.69, 9.17) is 35.5 Å². The fourth-order valence-electron chi connectivity index (χ4n) is 5.45. The average Bonchev–Trinajstić information content (AvgIpc) is 3.42. The number of hydrogen-bond acceptors (Lipinski definition) is 9. The van der Waals surface area contributed by atoms with Gasteiger partial charge in [0, 0.05) is 17.0 Å². The predicted molar refractivity (Wildman–Crippen MR) is 222 cm³/mol. The molecule has 59 heavy (non-hydrogen) atoms. The Morgan fingerprint density at radius 1 is 0.644 bits per heavy atom. The molecule has 1 aliphatic rings. The van der Waals surface area contributed by atoms with Gasteiger partial charge >= 0.3 is 19.1 Å². The zero-order valence-electron chi connectivity index (χ0n) is 33.5. The summed E-state index contributed by atoms with van der Waals surface area (Å²) in [6.07, 6.45) is 0. The van der Waals surface area contributed by atoms with Gasteiger partial charge in [-0.15, -0.1) is 0 Å². The van der Waals surface area contributed by atoms with E-state index in [1.165, 1.54) is 49.6 Å². The Hall–Kier alpha value is -6.15. The molecule has 304 valence electrons. The normalized spacial score (nSPS) is 13.6. The summed E-state index contributed by atoms with van der Waals surface area (Å²) in [5, 5.41) is 9.44. The third kappa shape index (κ3) is 12.2. The van der Waals surface area contributed by atoms with E-state index < -0.39 is 11.9 Å². The molecule has 3 heterocycles. The molecule has 14 heteroatoms. The second-order valence-corrected chi connectivity index (χ2v) is 14.7. The number of esters is 1. The lowest BCUT2D eigenvalue weighted by molar-refractivity contribution is 0.00578. The van der Waals surface area contributed by atoms with Gasteiger partial charge in [0.05, 0.1) is 35.1 Å². The van der Waals surface area contributed by atoms with E-state index in [0.717, 1.165) is 11.0 Å². The SMILES string of the molecule is CC1(C)OB(c2ccc(Oc3ccc(F)cc3)cc2)OC1(C)C.COC(=O)c1cc(C)nc(Cl)c1.Cc1cc(C(=O)O)cc(-c2ccc(Oc3ccc(F)cc3)cc2)n1. The molecule has 0 amide bonds. The molecule has 0 aliphatic carbocycles. The minimum absolute atomic E-state index is 0.198. The molecule has 4 aromatic carbocycles. The Kier molecular flexibility index (Phi) is 14.2. The molecule has 10 nitrogen and oxygen atoms in total. The number of carbonyl (C=O) groups is 2. The van der Waals surface area contributed by atoms with Gasteiger partial charge in [-0.1, -0.05) is 23.7 Å². The highest BCUT2D eigenvalue weighted by molar-refractivity contribution is 6.62. The number of nitrogens with zero attached hydrogens (tertiary/aromatic N) is 2. The predicted octanol–water partition coefficient (Wildman–Crippen LogP) is 10.4. The largest absolute Gasteiger partial charge is 0.494 e. The number of aryl methyl sites for hydroxylation is 2. The number of benzene rings is 4. The molecule has 2 aromatic heterocycles. The number of rotatable bonds is 8. The standard InChI is InChI=1S/C19H14FNO3.C18H20BFO3.C8H8ClNO2/c1-12-10-14(19(22)23)11-18(21-12)13-2-6-16(7-3-13)24-17-8-4-15(20)5-9-17;1-17(2)18(3,4)23-19(22-17)13-5-9-15(10-6-13)21-16-11-7-14(20)8-12-16;1-5-3-6(8(11)12-2)4-7(9)10-5/h2-11H,1H3,(H,22,23);5-12H,1-4H3;3-4H,1-2H3. The van der Waals surface area contributed by atoms with Gasteiger partial charge in [0.2, 0.25) is 0 Å². The number of carboxylic acids is 1. The molecule has 1 fully saturated rings. The summed E-state index contributed by atoms with van der Waals surface area (Å²) in [6, 6.07) is 32.5. The van der Waals surface area contributed by atoms with Crippen LogP contribution in [0, 0.1) is 25.5 Å². The third-order valence-electron chi connectivity index (χ3n) is 9.20. The van der Waals surface area contributed by atoms with Gasteiger partial charge in [-0.25, -0.2) is 23.4 Å². The second kappa shape index (κ2) is 19.1. The zero-order valence-corrected chi connectivity index (χ0v) is 34.2. The highest BCUT2D eigenvalue weighted by Crippen LogP contribution is 2.36. The van der Waals surface area contributed by atoms with Crippen molar-refractivity contribution < 1.29 is 47.0 Å². The van der Waals surface area contributed by atoms with E-state index in [9.17, 15) is 18.4 Å². The topological polar surface area (TPSA) is 126 Å². The third-order valence-corrected chi connectivity index (χ3v) is 9.39. The minimum Gasteiger partial charge on any atom is -0.478 e. The molecule has 0 atom stereocenters. The molecule has 7 rings (SSSR count). The van der Waals surface area contributed by atoms with Crippen LogP contribution in [0.3, 0.4) is 0 Å². The average molecular weight is 823 g/mol. The fraction of sp³-hybridized carbons (Fsp3) is 0.200. The number of ether oxygens (including phenoxy) is 3. The first kappa shape index (κ1) is 44.0. The van der Waals surface area contributed by atoms with Gasteiger partial charge in [-0.05, 0) is 156 Å². The summed E-state index contributed by atoms with van der Waals surface area (Å²) >= 11 is 5.63. The van der Waals surface area contributed by atoms with Crippen molar-refractivity contribution >= 4 is 36.1 Å². The van der Waals surface area contributed by atoms with E-state index >= 15 is 0 Å². The van der Waals surface area contributed by atoms with Gasteiger partial charge in [0.1, 0.15) is 39.8 Å². The van der Waals surface area contributed by atoms with E-state index in [1.54, 1.807) is 68.4 Å². The Morgan fingerprint density at radius 2 is 1.07 bits per heavy atom. The van der Waals surface area contributed by atoms with Crippen molar-refractivity contribution in [3.05, 3.63) is 161 Å². The number of halogens is 3. The van der Waals surface area contributed by atoms with Crippen LogP contribution in [0.5, 0.6) is 23.0 Å². The second-order valence-electron chi connectivity index (χ2n) is 14.3. The van der Waals surface area contributed by atoms with E-state index in [2.05, 4.69) is 14.7 Å². The summed E-state index contributed by atoms with van der Waals surface area (Å²) in [4.78, 5) is 30.4. The lowest BCUT2D eigenvalue weighted by Crippen LogP contribution is -2.41. The fourth-order valence-corrected chi connectivity index (χ4v) is 5.70. The van der Waals surface area contributed by atoms with Gasteiger partial charge in [-0.3, -0.25) is 4.98 Å². The lowest BCUT2D eigenvalue weighted by Gasteiger charge is -2.32. The van der Waals surface area contributed by atoms with Crippen molar-refractivity contribution in [1.29, 1.82) is 0 Å². The summed E-state index contributed by atoms with van der Waals surface area (Å²) < 4.78 is 53.6. The summed E-state index contributed by atoms with van der Waals surface area (Å²) in [5.41, 5.74) is 3.55. The van der Waals surface area contributed by atoms with Gasteiger partial charge in [0.15, 0.2) is 0 Å². The number of aromatic nitrogens is 2. The molecular formula is C45H42BClF2N2O8. The number of aromatic carboxylic acids is 1. The molecule has 1 N–H and O–H groups in total. The van der Waals surface area contributed by atoms with Crippen molar-refractivity contribution in [3.8, 4) is 34.3 Å². The van der Waals surface area contributed by atoms with Crippen molar-refractivity contribution in [2.24, 2.45) is 0 Å². The first-order chi connectivity index (χ1) is 27.9. The Balaban J connectivity index is 0.000000178. The van der Waals surface area contributed by atoms with Crippen LogP contribution in [-0.2, 0) is 14.0 Å². The number of hydrogen-bond donors (Lipinski definition) is 1. The molecule has 0 spiro atoms. The van der Waals surface area contributed by atoms with Crippen LogP contribution in [-0.4, -0.2) is 52.4 Å². The van der Waals surface area contributed by atoms with Gasteiger partial charge in [-0.2, -0.15) is 0 Å². The van der Waals surface area contributed by atoms with Crippen LogP contribution in [0.25, 0.3) is 11.3 Å². The van der Waals surface area contributed by atoms with Crippen LogP contribution in [0.4, 0.5) is 8.78 Å². The Bertz CT molecular complexity index is 2340. The van der Waals surface area contributed by atoms with Crippen molar-refractivity contribution in [3.63, 3.8) is 0 Å². The Morgan fingerprint density at radius 3 is 1.51 bits per heavy atom. The molecule has 0 radical (unpaired) electrons. The number of carbonyl (C=O) groups excluding carboxylic acids is 1. The van der Waals surface area contributed by atoms with Crippen LogP contribution in [0.1, 0.15) is 59.8 Å². The maximum absolute atomic E-state index is 12.9. The van der Waals surface area contributed by atoms with Crippen LogP contribution >= 0.6 is 11.6 Å². The van der Waals surface area contributed by atoms with E-state index in [0.29, 0.717) is 50.8 Å². The molecule has 6 aromatic rings. The van der Waals surface area contributed by atoms with Crippen molar-refractivity contribution in [1.82, 2.24) is 9.97 Å². The van der Waals surface area contributed by atoms with Gasteiger partial charge < -0.3 is 28.6 Å². The maximum Gasteiger partial charge on any atom is 0.494 e. The van der Waals surface area contributed by atoms with Crippen molar-refractivity contribution in [2.75, 3.05) is 7.11 Å². The first-order valence-corrected chi connectivity index (χ1v) is 18.7. The number of pyridine rings is 2. The summed E-state index contributed by atoms with van der Waals surface area (Å²) in [5.74, 6) is 0.403. The summed E-state index contributed by atoms with van der Waals surface area (Å²) in [6.45, 7) is 11.6. The maximum atomic E-state index is 12.9. The quantitative estimate of drug-likeness (QED) is 0.0900. The lowest BCUT2D eigenvalue weighted by atomic mass is 9.79.